The maximum atomic E-state index is 12.0. The third kappa shape index (κ3) is 4.44. The molecule has 1 aromatic rings. The average Bonchev–Trinajstić information content (AvgIpc) is 2.36. The molecule has 0 radical (unpaired) electrons. The number of amides is 1. The second-order valence-corrected chi connectivity index (χ2v) is 5.67. The van der Waals surface area contributed by atoms with Gasteiger partial charge >= 0.3 is 0 Å². The van der Waals surface area contributed by atoms with E-state index in [1.54, 1.807) is 31.8 Å². The highest BCUT2D eigenvalue weighted by atomic mass is 32.2. The van der Waals surface area contributed by atoms with Crippen LogP contribution in [0.2, 0.25) is 0 Å². The number of pyridine rings is 1. The van der Waals surface area contributed by atoms with E-state index < -0.39 is 10.8 Å². The van der Waals surface area contributed by atoms with Gasteiger partial charge in [0.25, 0.3) is 5.91 Å². The minimum absolute atomic E-state index is 0.000675. The van der Waals surface area contributed by atoms with Gasteiger partial charge in [0, 0.05) is 42.1 Å². The molecule has 1 aromatic heterocycles. The number of rotatable bonds is 6. The van der Waals surface area contributed by atoms with Gasteiger partial charge in [-0.2, -0.15) is 0 Å². The summed E-state index contributed by atoms with van der Waals surface area (Å²) in [6, 6.07) is 1.67. The van der Waals surface area contributed by atoms with E-state index in [4.69, 9.17) is 0 Å². The lowest BCUT2D eigenvalue weighted by molar-refractivity contribution is 0.0940. The molecular formula is C12H19N3O2S. The van der Waals surface area contributed by atoms with Crippen LogP contribution in [0.3, 0.4) is 0 Å². The third-order valence-electron chi connectivity index (χ3n) is 2.55. The predicted molar refractivity (Wildman–Crippen MR) is 74.3 cm³/mol. The molecule has 1 rings (SSSR count). The van der Waals surface area contributed by atoms with Crippen LogP contribution in [-0.2, 0) is 10.8 Å². The molecule has 0 bridgehead atoms. The Morgan fingerprint density at radius 3 is 2.89 bits per heavy atom. The standard InChI is InChI=1S/C12H19N3O2S/c1-9(5-7-18(3)17)15-12(16)10-4-6-14-8-11(10)13-2/h4,6,8-9,13H,5,7H2,1-3H3,(H,15,16). The number of hydrogen-bond acceptors (Lipinski definition) is 4. The van der Waals surface area contributed by atoms with Crippen LogP contribution in [0.15, 0.2) is 18.5 Å². The highest BCUT2D eigenvalue weighted by Gasteiger charge is 2.13. The first-order chi connectivity index (χ1) is 8.54. The fourth-order valence-corrected chi connectivity index (χ4v) is 2.19. The summed E-state index contributed by atoms with van der Waals surface area (Å²) in [5.74, 6) is 0.451. The Bertz CT molecular complexity index is 437. The lowest BCUT2D eigenvalue weighted by atomic mass is 10.2. The topological polar surface area (TPSA) is 71.1 Å². The van der Waals surface area contributed by atoms with Crippen LogP contribution in [0.1, 0.15) is 23.7 Å². The Labute approximate surface area is 110 Å². The largest absolute Gasteiger partial charge is 0.386 e. The molecule has 2 unspecified atom stereocenters. The molecule has 0 aromatic carbocycles. The summed E-state index contributed by atoms with van der Waals surface area (Å²) in [6.45, 7) is 1.91. The summed E-state index contributed by atoms with van der Waals surface area (Å²) in [6.07, 6.45) is 5.56. The highest BCUT2D eigenvalue weighted by Crippen LogP contribution is 2.12. The minimum atomic E-state index is -0.825. The highest BCUT2D eigenvalue weighted by molar-refractivity contribution is 7.84. The third-order valence-corrected chi connectivity index (χ3v) is 3.36. The molecule has 2 N–H and O–H groups in total. The van der Waals surface area contributed by atoms with Crippen molar-refractivity contribution in [3.8, 4) is 0 Å². The molecule has 0 aliphatic rings. The normalized spacial score (nSPS) is 13.7. The summed E-state index contributed by atoms with van der Waals surface area (Å²) in [7, 11) is 0.922. The number of carbonyl (C=O) groups excluding carboxylic acids is 1. The summed E-state index contributed by atoms with van der Waals surface area (Å²) in [5, 5.41) is 5.81. The Morgan fingerprint density at radius 1 is 1.56 bits per heavy atom. The van der Waals surface area contributed by atoms with Crippen molar-refractivity contribution >= 4 is 22.4 Å². The van der Waals surface area contributed by atoms with E-state index in [0.717, 1.165) is 0 Å². The maximum absolute atomic E-state index is 12.0. The zero-order valence-corrected chi connectivity index (χ0v) is 11.7. The van der Waals surface area contributed by atoms with Gasteiger partial charge in [-0.1, -0.05) is 0 Å². The molecule has 18 heavy (non-hydrogen) atoms. The molecule has 5 nitrogen and oxygen atoms in total. The second kappa shape index (κ2) is 7.10. The van der Waals surface area contributed by atoms with Crippen molar-refractivity contribution in [1.29, 1.82) is 0 Å². The van der Waals surface area contributed by atoms with Crippen LogP contribution in [0.5, 0.6) is 0 Å². The Balaban J connectivity index is 2.62. The second-order valence-electron chi connectivity index (χ2n) is 4.11. The lowest BCUT2D eigenvalue weighted by Crippen LogP contribution is -2.33. The van der Waals surface area contributed by atoms with Gasteiger partial charge in [-0.3, -0.25) is 14.0 Å². The van der Waals surface area contributed by atoms with Crippen molar-refractivity contribution in [3.05, 3.63) is 24.0 Å². The average molecular weight is 269 g/mol. The Hall–Kier alpha value is -1.43. The zero-order chi connectivity index (χ0) is 13.5. The lowest BCUT2D eigenvalue weighted by Gasteiger charge is -2.14. The first-order valence-corrected chi connectivity index (χ1v) is 7.50. The van der Waals surface area contributed by atoms with Gasteiger partial charge in [0.2, 0.25) is 0 Å². The first-order valence-electron chi connectivity index (χ1n) is 5.77. The van der Waals surface area contributed by atoms with Crippen molar-refractivity contribution in [1.82, 2.24) is 10.3 Å². The van der Waals surface area contributed by atoms with E-state index in [1.165, 1.54) is 0 Å². The van der Waals surface area contributed by atoms with Gasteiger partial charge in [0.15, 0.2) is 0 Å². The van der Waals surface area contributed by atoms with Crippen molar-refractivity contribution in [3.63, 3.8) is 0 Å². The molecule has 0 fully saturated rings. The Kier molecular flexibility index (Phi) is 5.77. The number of hydrogen-bond donors (Lipinski definition) is 2. The number of nitrogens with one attached hydrogen (secondary N) is 2. The predicted octanol–water partition coefficient (Wildman–Crippen LogP) is 1.01. The number of anilines is 1. The Morgan fingerprint density at radius 2 is 2.28 bits per heavy atom. The monoisotopic (exact) mass is 269 g/mol. The summed E-state index contributed by atoms with van der Waals surface area (Å²) < 4.78 is 11.0. The van der Waals surface area contributed by atoms with Gasteiger partial charge in [-0.15, -0.1) is 0 Å². The molecule has 0 saturated carbocycles. The van der Waals surface area contributed by atoms with E-state index >= 15 is 0 Å². The maximum Gasteiger partial charge on any atom is 0.253 e. The first kappa shape index (κ1) is 14.6. The minimum Gasteiger partial charge on any atom is -0.386 e. The van der Waals surface area contributed by atoms with Crippen LogP contribution in [0.4, 0.5) is 5.69 Å². The van der Waals surface area contributed by atoms with Crippen molar-refractivity contribution in [2.45, 2.75) is 19.4 Å². The fraction of sp³-hybridized carbons (Fsp3) is 0.500. The number of aromatic nitrogens is 1. The summed E-state index contributed by atoms with van der Waals surface area (Å²) in [4.78, 5) is 16.0. The van der Waals surface area contributed by atoms with Crippen molar-refractivity contribution in [2.24, 2.45) is 0 Å². The molecule has 0 aliphatic heterocycles. The van der Waals surface area contributed by atoms with Crippen molar-refractivity contribution < 1.29 is 9.00 Å². The summed E-state index contributed by atoms with van der Waals surface area (Å²) >= 11 is 0. The van der Waals surface area contributed by atoms with Crippen LogP contribution in [-0.4, -0.2) is 40.2 Å². The van der Waals surface area contributed by atoms with Crippen LogP contribution in [0.25, 0.3) is 0 Å². The van der Waals surface area contributed by atoms with Crippen LogP contribution >= 0.6 is 0 Å². The smallest absolute Gasteiger partial charge is 0.253 e. The number of carbonyl (C=O) groups is 1. The van der Waals surface area contributed by atoms with E-state index in [0.29, 0.717) is 23.4 Å². The molecule has 1 amide bonds. The van der Waals surface area contributed by atoms with Crippen molar-refractivity contribution in [2.75, 3.05) is 24.4 Å². The molecule has 0 saturated heterocycles. The zero-order valence-electron chi connectivity index (χ0n) is 10.9. The SMILES string of the molecule is CNc1cnccc1C(=O)NC(C)CCS(C)=O. The van der Waals surface area contributed by atoms with E-state index in [1.807, 2.05) is 6.92 Å². The van der Waals surface area contributed by atoms with Crippen LogP contribution in [0, 0.1) is 0 Å². The van der Waals surface area contributed by atoms with Gasteiger partial charge < -0.3 is 10.6 Å². The molecule has 0 aliphatic carbocycles. The molecular weight excluding hydrogens is 250 g/mol. The molecule has 0 spiro atoms. The fourth-order valence-electron chi connectivity index (χ4n) is 1.51. The van der Waals surface area contributed by atoms with E-state index in [-0.39, 0.29) is 11.9 Å². The van der Waals surface area contributed by atoms with Gasteiger partial charge in [-0.25, -0.2) is 0 Å². The van der Waals surface area contributed by atoms with Gasteiger partial charge in [-0.05, 0) is 19.4 Å². The molecule has 1 heterocycles. The number of nitrogens with zero attached hydrogens (tertiary/aromatic N) is 1. The van der Waals surface area contributed by atoms with Gasteiger partial charge in [0.1, 0.15) is 0 Å². The van der Waals surface area contributed by atoms with Gasteiger partial charge in [0.05, 0.1) is 17.4 Å². The molecule has 6 heteroatoms. The van der Waals surface area contributed by atoms with E-state index in [2.05, 4.69) is 15.6 Å². The summed E-state index contributed by atoms with van der Waals surface area (Å²) in [5.41, 5.74) is 1.26. The van der Waals surface area contributed by atoms with E-state index in [9.17, 15) is 9.00 Å². The molecule has 2 atom stereocenters. The quantitative estimate of drug-likeness (QED) is 0.808. The van der Waals surface area contributed by atoms with Crippen LogP contribution < -0.4 is 10.6 Å². The molecule has 100 valence electrons.